The van der Waals surface area contributed by atoms with Gasteiger partial charge in [-0.3, -0.25) is 19.4 Å². The lowest BCUT2D eigenvalue weighted by Crippen LogP contribution is -2.50. The first-order valence-corrected chi connectivity index (χ1v) is 13.9. The molecule has 5 rings (SSSR count). The van der Waals surface area contributed by atoms with Crippen LogP contribution in [-0.4, -0.2) is 64.4 Å². The van der Waals surface area contributed by atoms with E-state index in [0.717, 1.165) is 89.9 Å². The average Bonchev–Trinajstić information content (AvgIpc) is 3.43. The number of likely N-dealkylation sites (tertiary alicyclic amines) is 1. The molecule has 0 radical (unpaired) electrons. The lowest BCUT2D eigenvalue weighted by Gasteiger charge is -2.41. The molecule has 3 aliphatic rings. The molecule has 3 heterocycles. The minimum absolute atomic E-state index is 0.177. The van der Waals surface area contributed by atoms with Crippen LogP contribution in [0.4, 0.5) is 4.79 Å². The average molecular weight is 525 g/mol. The smallest absolute Gasteiger partial charge is 0.289 e. The molecule has 2 aromatic carbocycles. The number of ether oxygens (including phenoxy) is 2. The van der Waals surface area contributed by atoms with E-state index >= 15 is 0 Å². The number of phenols is 1. The Morgan fingerprint density at radius 2 is 1.86 bits per heavy atom. The SMILES string of the molecule is Cc1c(C)c2c(c(C)c1O)CCC(C)(CN1CCC[C@@H]1COc1ccc(C3SC(=O)N(C)C3=O)cc1)O2. The topological polar surface area (TPSA) is 79.3 Å². The van der Waals surface area contributed by atoms with Gasteiger partial charge < -0.3 is 14.6 Å². The molecule has 0 spiro atoms. The Morgan fingerprint density at radius 3 is 2.54 bits per heavy atom. The van der Waals surface area contributed by atoms with Crippen molar-refractivity contribution >= 4 is 22.9 Å². The Morgan fingerprint density at radius 1 is 1.14 bits per heavy atom. The summed E-state index contributed by atoms with van der Waals surface area (Å²) in [6.07, 6.45) is 4.02. The molecule has 37 heavy (non-hydrogen) atoms. The predicted octanol–water partition coefficient (Wildman–Crippen LogP) is 5.31. The number of hydrogen-bond acceptors (Lipinski definition) is 7. The van der Waals surface area contributed by atoms with Gasteiger partial charge in [-0.25, -0.2) is 0 Å². The summed E-state index contributed by atoms with van der Waals surface area (Å²) in [5.74, 6) is 1.92. The summed E-state index contributed by atoms with van der Waals surface area (Å²) in [4.78, 5) is 27.8. The fourth-order valence-corrected chi connectivity index (χ4v) is 6.77. The largest absolute Gasteiger partial charge is 0.507 e. The molecule has 1 N–H and O–H groups in total. The molecule has 2 aromatic rings. The van der Waals surface area contributed by atoms with E-state index in [4.69, 9.17) is 9.47 Å². The van der Waals surface area contributed by atoms with Gasteiger partial charge in [-0.05, 0) is 106 Å². The molecule has 7 nitrogen and oxygen atoms in total. The standard InChI is InChI=1S/C29H36N2O5S/c1-17-18(2)25-23(19(3)24(17)32)12-13-29(4,36-25)16-31-14-6-7-21(31)15-35-22-10-8-20(9-11-22)26-27(33)30(5)28(34)37-26/h8-11,21,26,32H,6-7,12-16H2,1-5H3/t21-,26?,29?/m1/s1. The Hall–Kier alpha value is -2.71. The van der Waals surface area contributed by atoms with Gasteiger partial charge >= 0.3 is 0 Å². The highest BCUT2D eigenvalue weighted by Crippen LogP contribution is 2.44. The van der Waals surface area contributed by atoms with Gasteiger partial charge in [-0.15, -0.1) is 0 Å². The summed E-state index contributed by atoms with van der Waals surface area (Å²) in [5, 5.41) is 9.80. The van der Waals surface area contributed by atoms with Crippen molar-refractivity contribution in [3.05, 3.63) is 52.1 Å². The van der Waals surface area contributed by atoms with Crippen molar-refractivity contribution in [1.29, 1.82) is 0 Å². The molecule has 198 valence electrons. The maximum atomic E-state index is 12.3. The van der Waals surface area contributed by atoms with Crippen LogP contribution in [0.1, 0.15) is 59.3 Å². The molecule has 0 saturated carbocycles. The highest BCUT2D eigenvalue weighted by atomic mass is 32.2. The second-order valence-corrected chi connectivity index (χ2v) is 11.9. The van der Waals surface area contributed by atoms with Crippen LogP contribution in [0.3, 0.4) is 0 Å². The number of imide groups is 1. The third kappa shape index (κ3) is 4.81. The van der Waals surface area contributed by atoms with Crippen molar-refractivity contribution in [3.63, 3.8) is 0 Å². The van der Waals surface area contributed by atoms with E-state index in [1.807, 2.05) is 45.0 Å². The summed E-state index contributed by atoms with van der Waals surface area (Å²) < 4.78 is 12.8. The van der Waals surface area contributed by atoms with Gasteiger partial charge in [0, 0.05) is 25.2 Å². The highest BCUT2D eigenvalue weighted by Gasteiger charge is 2.40. The molecule has 8 heteroatoms. The van der Waals surface area contributed by atoms with Gasteiger partial charge in [0.2, 0.25) is 5.91 Å². The second-order valence-electron chi connectivity index (χ2n) is 10.9. The summed E-state index contributed by atoms with van der Waals surface area (Å²) in [5.41, 5.74) is 4.52. The third-order valence-electron chi connectivity index (χ3n) is 8.30. The minimum atomic E-state index is -0.474. The highest BCUT2D eigenvalue weighted by molar-refractivity contribution is 8.14. The Bertz CT molecular complexity index is 1230. The summed E-state index contributed by atoms with van der Waals surface area (Å²) in [7, 11) is 1.52. The first-order chi connectivity index (χ1) is 17.6. The summed E-state index contributed by atoms with van der Waals surface area (Å²) >= 11 is 1.06. The third-order valence-corrected chi connectivity index (χ3v) is 9.49. The quantitative estimate of drug-likeness (QED) is 0.549. The lowest BCUT2D eigenvalue weighted by molar-refractivity contribution is -0.125. The van der Waals surface area contributed by atoms with Crippen molar-refractivity contribution in [2.24, 2.45) is 0 Å². The zero-order valence-electron chi connectivity index (χ0n) is 22.3. The van der Waals surface area contributed by atoms with Gasteiger partial charge in [0.15, 0.2) is 0 Å². The van der Waals surface area contributed by atoms with Gasteiger partial charge in [-0.1, -0.05) is 12.1 Å². The molecule has 2 unspecified atom stereocenters. The number of carbonyl (C=O) groups is 2. The molecule has 2 amide bonds. The predicted molar refractivity (Wildman–Crippen MR) is 145 cm³/mol. The van der Waals surface area contributed by atoms with Crippen LogP contribution in [0, 0.1) is 20.8 Å². The van der Waals surface area contributed by atoms with Crippen molar-refractivity contribution in [2.75, 3.05) is 26.7 Å². The first kappa shape index (κ1) is 25.9. The molecule has 3 aliphatic heterocycles. The number of benzene rings is 2. The number of thioether (sulfide) groups is 1. The zero-order valence-corrected chi connectivity index (χ0v) is 23.1. The number of phenolic OH excluding ortho intramolecular Hbond substituents is 1. The van der Waals surface area contributed by atoms with E-state index in [1.165, 1.54) is 11.9 Å². The summed E-state index contributed by atoms with van der Waals surface area (Å²) in [6, 6.07) is 7.83. The Labute approximate surface area is 223 Å². The number of likely N-dealkylation sites (N-methyl/N-ethyl adjacent to an activating group) is 1. The molecule has 0 bridgehead atoms. The number of carbonyl (C=O) groups excluding carboxylic acids is 2. The van der Waals surface area contributed by atoms with E-state index in [2.05, 4.69) is 11.8 Å². The first-order valence-electron chi connectivity index (χ1n) is 13.0. The maximum absolute atomic E-state index is 12.3. The summed E-state index contributed by atoms with van der Waals surface area (Å²) in [6.45, 7) is 10.6. The van der Waals surface area contributed by atoms with Crippen molar-refractivity contribution < 1.29 is 24.2 Å². The number of amides is 2. The zero-order chi connectivity index (χ0) is 26.5. The number of nitrogens with zero attached hydrogens (tertiary/aromatic N) is 2. The van der Waals surface area contributed by atoms with Gasteiger partial charge in [0.25, 0.3) is 5.24 Å². The van der Waals surface area contributed by atoms with Gasteiger partial charge in [-0.2, -0.15) is 0 Å². The second kappa shape index (κ2) is 9.87. The molecule has 2 saturated heterocycles. The van der Waals surface area contributed by atoms with E-state index in [0.29, 0.717) is 18.4 Å². The Balaban J connectivity index is 1.21. The van der Waals surface area contributed by atoms with E-state index < -0.39 is 5.25 Å². The van der Waals surface area contributed by atoms with E-state index in [-0.39, 0.29) is 16.7 Å². The number of hydrogen-bond donors (Lipinski definition) is 1. The van der Waals surface area contributed by atoms with Crippen LogP contribution < -0.4 is 9.47 Å². The van der Waals surface area contributed by atoms with Crippen LogP contribution >= 0.6 is 11.8 Å². The molecule has 3 atom stereocenters. The maximum Gasteiger partial charge on any atom is 0.289 e. The van der Waals surface area contributed by atoms with Crippen LogP contribution in [-0.2, 0) is 11.2 Å². The molecular formula is C29H36N2O5S. The minimum Gasteiger partial charge on any atom is -0.507 e. The number of fused-ring (bicyclic) bond motifs is 1. The van der Waals surface area contributed by atoms with Crippen LogP contribution in [0.5, 0.6) is 17.2 Å². The molecule has 0 aromatic heterocycles. The van der Waals surface area contributed by atoms with Gasteiger partial charge in [0.1, 0.15) is 34.7 Å². The number of aromatic hydroxyl groups is 1. The van der Waals surface area contributed by atoms with Crippen molar-refractivity contribution in [2.45, 2.75) is 70.3 Å². The molecular weight excluding hydrogens is 488 g/mol. The normalized spacial score (nSPS) is 25.9. The van der Waals surface area contributed by atoms with Crippen molar-refractivity contribution in [1.82, 2.24) is 9.80 Å². The van der Waals surface area contributed by atoms with Crippen LogP contribution in [0.2, 0.25) is 0 Å². The number of rotatable bonds is 6. The monoisotopic (exact) mass is 524 g/mol. The van der Waals surface area contributed by atoms with Crippen molar-refractivity contribution in [3.8, 4) is 17.2 Å². The van der Waals surface area contributed by atoms with E-state index in [1.54, 1.807) is 0 Å². The Kier molecular flexibility index (Phi) is 6.92. The van der Waals surface area contributed by atoms with E-state index in [9.17, 15) is 14.7 Å². The van der Waals surface area contributed by atoms with Gasteiger partial charge in [0.05, 0.1) is 0 Å². The molecule has 2 fully saturated rings. The fourth-order valence-electron chi connectivity index (χ4n) is 5.77. The fraction of sp³-hybridized carbons (Fsp3) is 0.517. The van der Waals surface area contributed by atoms with Crippen LogP contribution in [0.25, 0.3) is 0 Å². The van der Waals surface area contributed by atoms with Crippen LogP contribution in [0.15, 0.2) is 24.3 Å². The lowest BCUT2D eigenvalue weighted by atomic mass is 9.87. The molecule has 0 aliphatic carbocycles.